The predicted octanol–water partition coefficient (Wildman–Crippen LogP) is 1.90. The molecule has 5 heteroatoms. The van der Waals surface area contributed by atoms with E-state index in [1.165, 1.54) is 0 Å². The zero-order chi connectivity index (χ0) is 14.4. The number of hydrogen-bond acceptors (Lipinski definition) is 2. The van der Waals surface area contributed by atoms with Crippen molar-refractivity contribution >= 4 is 12.0 Å². The fraction of sp³-hybridized carbons (Fsp3) is 0.429. The third-order valence-corrected chi connectivity index (χ3v) is 3.20. The van der Waals surface area contributed by atoms with Gasteiger partial charge in [0.25, 0.3) is 0 Å². The van der Waals surface area contributed by atoms with E-state index in [4.69, 9.17) is 5.11 Å². The Kier molecular flexibility index (Phi) is 5.36. The average Bonchev–Trinajstić information content (AvgIpc) is 2.36. The van der Waals surface area contributed by atoms with Crippen molar-refractivity contribution in [2.75, 3.05) is 0 Å². The van der Waals surface area contributed by atoms with Gasteiger partial charge in [-0.05, 0) is 31.9 Å². The first-order valence-electron chi connectivity index (χ1n) is 6.23. The van der Waals surface area contributed by atoms with E-state index in [-0.39, 0.29) is 6.03 Å². The molecule has 0 spiro atoms. The van der Waals surface area contributed by atoms with Crippen molar-refractivity contribution in [2.24, 2.45) is 5.92 Å². The van der Waals surface area contributed by atoms with E-state index in [0.717, 1.165) is 11.1 Å². The topological polar surface area (TPSA) is 78.4 Å². The number of rotatable bonds is 5. The molecule has 0 heterocycles. The average molecular weight is 264 g/mol. The Labute approximate surface area is 113 Å². The van der Waals surface area contributed by atoms with Crippen molar-refractivity contribution in [2.45, 2.75) is 33.4 Å². The molecule has 2 amide bonds. The number of aliphatic carboxylic acids is 1. The number of nitrogens with one attached hydrogen (secondary N) is 2. The summed E-state index contributed by atoms with van der Waals surface area (Å²) in [6.45, 7) is 5.64. The second-order valence-corrected chi connectivity index (χ2v) is 4.67. The van der Waals surface area contributed by atoms with E-state index < -0.39 is 17.9 Å². The molecule has 0 bridgehead atoms. The summed E-state index contributed by atoms with van der Waals surface area (Å²) >= 11 is 0. The molecule has 0 aliphatic heterocycles. The molecule has 0 aromatic heterocycles. The quantitative estimate of drug-likeness (QED) is 0.760. The van der Waals surface area contributed by atoms with E-state index in [1.54, 1.807) is 13.8 Å². The molecule has 0 aliphatic rings. The van der Waals surface area contributed by atoms with Gasteiger partial charge in [-0.1, -0.05) is 24.3 Å². The molecule has 1 aromatic rings. The van der Waals surface area contributed by atoms with Gasteiger partial charge in [-0.3, -0.25) is 4.79 Å². The van der Waals surface area contributed by atoms with Gasteiger partial charge in [0.1, 0.15) is 0 Å². The normalized spacial score (nSPS) is 13.4. The highest BCUT2D eigenvalue weighted by Gasteiger charge is 2.20. The van der Waals surface area contributed by atoms with Crippen LogP contribution in [0.25, 0.3) is 0 Å². The lowest BCUT2D eigenvalue weighted by atomic mass is 10.0. The number of carboxylic acids is 1. The van der Waals surface area contributed by atoms with Gasteiger partial charge in [-0.25, -0.2) is 4.79 Å². The summed E-state index contributed by atoms with van der Waals surface area (Å²) in [5.74, 6) is -1.55. The number of carboxylic acid groups (broad SMARTS) is 1. The summed E-state index contributed by atoms with van der Waals surface area (Å²) in [5.41, 5.74) is 2.14. The molecule has 0 saturated carbocycles. The van der Waals surface area contributed by atoms with E-state index in [2.05, 4.69) is 10.6 Å². The molecule has 3 N–H and O–H groups in total. The van der Waals surface area contributed by atoms with Crippen molar-refractivity contribution in [3.8, 4) is 0 Å². The van der Waals surface area contributed by atoms with Gasteiger partial charge >= 0.3 is 12.0 Å². The number of hydrogen-bond donors (Lipinski definition) is 3. The summed E-state index contributed by atoms with van der Waals surface area (Å²) in [7, 11) is 0. The number of carbonyl (C=O) groups excluding carboxylic acids is 1. The Hall–Kier alpha value is -2.04. The Balaban J connectivity index is 2.44. The lowest BCUT2D eigenvalue weighted by Gasteiger charge is -2.18. The number of aryl methyl sites for hydroxylation is 1. The van der Waals surface area contributed by atoms with E-state index >= 15 is 0 Å². The molecule has 2 unspecified atom stereocenters. The molecule has 1 aromatic carbocycles. The lowest BCUT2D eigenvalue weighted by Crippen LogP contribution is -2.45. The monoisotopic (exact) mass is 264 g/mol. The first-order chi connectivity index (χ1) is 8.91. The molecule has 0 aliphatic carbocycles. The number of amides is 2. The number of carbonyl (C=O) groups is 2. The Morgan fingerprint density at radius 3 is 2.47 bits per heavy atom. The zero-order valence-electron chi connectivity index (χ0n) is 11.4. The molecule has 5 nitrogen and oxygen atoms in total. The third kappa shape index (κ3) is 4.62. The highest BCUT2D eigenvalue weighted by molar-refractivity contribution is 5.76. The summed E-state index contributed by atoms with van der Waals surface area (Å²) in [4.78, 5) is 22.4. The van der Waals surface area contributed by atoms with Crippen LogP contribution in [0, 0.1) is 12.8 Å². The van der Waals surface area contributed by atoms with Crippen LogP contribution in [-0.4, -0.2) is 23.1 Å². The van der Waals surface area contributed by atoms with Crippen molar-refractivity contribution in [1.82, 2.24) is 10.6 Å². The molecule has 2 atom stereocenters. The van der Waals surface area contributed by atoms with Crippen LogP contribution in [0.1, 0.15) is 25.0 Å². The predicted molar refractivity (Wildman–Crippen MR) is 72.8 cm³/mol. The van der Waals surface area contributed by atoms with E-state index in [9.17, 15) is 9.59 Å². The molecule has 19 heavy (non-hydrogen) atoms. The largest absolute Gasteiger partial charge is 0.481 e. The van der Waals surface area contributed by atoms with E-state index in [1.807, 2.05) is 31.2 Å². The maximum absolute atomic E-state index is 11.6. The van der Waals surface area contributed by atoms with Crippen LogP contribution in [0.2, 0.25) is 0 Å². The smallest absolute Gasteiger partial charge is 0.315 e. The van der Waals surface area contributed by atoms with Crippen LogP contribution in [0.4, 0.5) is 4.79 Å². The molecule has 1 rings (SSSR count). The van der Waals surface area contributed by atoms with Crippen LogP contribution in [0.5, 0.6) is 0 Å². The third-order valence-electron chi connectivity index (χ3n) is 3.20. The molecule has 104 valence electrons. The summed E-state index contributed by atoms with van der Waals surface area (Å²) in [5, 5.41) is 14.2. The second kappa shape index (κ2) is 6.78. The van der Waals surface area contributed by atoms with Crippen LogP contribution >= 0.6 is 0 Å². The van der Waals surface area contributed by atoms with Gasteiger partial charge in [-0.15, -0.1) is 0 Å². The summed E-state index contributed by atoms with van der Waals surface area (Å²) < 4.78 is 0. The minimum Gasteiger partial charge on any atom is -0.481 e. The van der Waals surface area contributed by atoms with Gasteiger partial charge in [0, 0.05) is 12.6 Å². The summed E-state index contributed by atoms with van der Waals surface area (Å²) in [6, 6.07) is 6.99. The lowest BCUT2D eigenvalue weighted by molar-refractivity contribution is -0.141. The standard InChI is InChI=1S/C14H20N2O3/c1-9-6-4-5-7-12(9)8-15-14(19)16-11(3)10(2)13(17)18/h4-7,10-11H,8H2,1-3H3,(H,17,18)(H2,15,16,19). The number of benzene rings is 1. The highest BCUT2D eigenvalue weighted by atomic mass is 16.4. The first-order valence-corrected chi connectivity index (χ1v) is 6.23. The van der Waals surface area contributed by atoms with Crippen molar-refractivity contribution in [3.63, 3.8) is 0 Å². The second-order valence-electron chi connectivity index (χ2n) is 4.67. The zero-order valence-corrected chi connectivity index (χ0v) is 11.4. The van der Waals surface area contributed by atoms with Gasteiger partial charge in [0.2, 0.25) is 0 Å². The van der Waals surface area contributed by atoms with E-state index in [0.29, 0.717) is 6.54 Å². The summed E-state index contributed by atoms with van der Waals surface area (Å²) in [6.07, 6.45) is 0. The molecular formula is C14H20N2O3. The van der Waals surface area contributed by atoms with Gasteiger partial charge < -0.3 is 15.7 Å². The fourth-order valence-electron chi connectivity index (χ4n) is 1.58. The van der Waals surface area contributed by atoms with Crippen LogP contribution in [-0.2, 0) is 11.3 Å². The maximum Gasteiger partial charge on any atom is 0.315 e. The maximum atomic E-state index is 11.6. The van der Waals surface area contributed by atoms with Crippen molar-refractivity contribution < 1.29 is 14.7 Å². The molecular weight excluding hydrogens is 244 g/mol. The SMILES string of the molecule is Cc1ccccc1CNC(=O)NC(C)C(C)C(=O)O. The van der Waals surface area contributed by atoms with Crippen LogP contribution in [0.15, 0.2) is 24.3 Å². The van der Waals surface area contributed by atoms with Gasteiger partial charge in [0.15, 0.2) is 0 Å². The number of urea groups is 1. The fourth-order valence-corrected chi connectivity index (χ4v) is 1.58. The Morgan fingerprint density at radius 2 is 1.89 bits per heavy atom. The van der Waals surface area contributed by atoms with Gasteiger partial charge in [-0.2, -0.15) is 0 Å². The first kappa shape index (κ1) is 15.0. The highest BCUT2D eigenvalue weighted by Crippen LogP contribution is 2.06. The van der Waals surface area contributed by atoms with Crippen molar-refractivity contribution in [1.29, 1.82) is 0 Å². The molecule has 0 saturated heterocycles. The van der Waals surface area contributed by atoms with Crippen LogP contribution < -0.4 is 10.6 Å². The molecule has 0 fully saturated rings. The molecule has 0 radical (unpaired) electrons. The van der Waals surface area contributed by atoms with Gasteiger partial charge in [0.05, 0.1) is 5.92 Å². The van der Waals surface area contributed by atoms with Crippen LogP contribution in [0.3, 0.4) is 0 Å². The Bertz CT molecular complexity index is 460. The minimum absolute atomic E-state index is 0.358. The Morgan fingerprint density at radius 1 is 1.26 bits per heavy atom. The minimum atomic E-state index is -0.924. The van der Waals surface area contributed by atoms with Crippen molar-refractivity contribution in [3.05, 3.63) is 35.4 Å².